The van der Waals surface area contributed by atoms with E-state index in [1.54, 1.807) is 30.7 Å². The van der Waals surface area contributed by atoms with Gasteiger partial charge in [-0.1, -0.05) is 42.5 Å². The summed E-state index contributed by atoms with van der Waals surface area (Å²) in [5, 5.41) is 2.92. The van der Waals surface area contributed by atoms with Crippen molar-refractivity contribution in [2.24, 2.45) is 0 Å². The molecular weight excluding hydrogens is 390 g/mol. The van der Waals surface area contributed by atoms with Gasteiger partial charge in [0, 0.05) is 17.7 Å². The highest BCUT2D eigenvalue weighted by Gasteiger charge is 2.10. The molecule has 0 fully saturated rings. The monoisotopic (exact) mass is 413 g/mol. The number of carbonyl (C=O) groups excluding carboxylic acids is 1. The molecule has 0 saturated heterocycles. The molecule has 4 aromatic rings. The highest BCUT2D eigenvalue weighted by Crippen LogP contribution is 2.17. The van der Waals surface area contributed by atoms with Gasteiger partial charge in [0.1, 0.15) is 11.4 Å². The van der Waals surface area contributed by atoms with Crippen molar-refractivity contribution in [3.05, 3.63) is 106 Å². The van der Waals surface area contributed by atoms with Gasteiger partial charge in [-0.3, -0.25) is 9.59 Å². The molecule has 0 atom stereocenters. The van der Waals surface area contributed by atoms with E-state index in [-0.39, 0.29) is 11.5 Å². The maximum absolute atomic E-state index is 12.7. The minimum atomic E-state index is -0.167. The molecule has 31 heavy (non-hydrogen) atoms. The van der Waals surface area contributed by atoms with Crippen LogP contribution in [0.15, 0.2) is 77.6 Å². The minimum Gasteiger partial charge on any atom is -0.496 e. The van der Waals surface area contributed by atoms with Crippen LogP contribution in [0, 0.1) is 6.92 Å². The van der Waals surface area contributed by atoms with Crippen LogP contribution in [0.2, 0.25) is 0 Å². The van der Waals surface area contributed by atoms with Crippen molar-refractivity contribution in [3.8, 4) is 5.75 Å². The summed E-state index contributed by atoms with van der Waals surface area (Å²) < 4.78 is 7.04. The van der Waals surface area contributed by atoms with Gasteiger partial charge in [-0.25, -0.2) is 4.98 Å². The fourth-order valence-corrected chi connectivity index (χ4v) is 3.55. The molecule has 1 amide bonds. The maximum atomic E-state index is 12.7. The van der Waals surface area contributed by atoms with E-state index in [1.807, 2.05) is 60.7 Å². The third-order valence-electron chi connectivity index (χ3n) is 5.20. The van der Waals surface area contributed by atoms with E-state index >= 15 is 0 Å². The summed E-state index contributed by atoms with van der Waals surface area (Å²) >= 11 is 0. The third kappa shape index (κ3) is 4.33. The summed E-state index contributed by atoms with van der Waals surface area (Å²) in [6.07, 6.45) is 0. The molecular formula is C25H23N3O3. The Morgan fingerprint density at radius 2 is 1.71 bits per heavy atom. The number of benzene rings is 3. The molecule has 0 aliphatic carbocycles. The molecule has 4 rings (SSSR count). The fraction of sp³-hybridized carbons (Fsp3) is 0.160. The van der Waals surface area contributed by atoms with Gasteiger partial charge in [-0.2, -0.15) is 0 Å². The Kier molecular flexibility index (Phi) is 5.80. The van der Waals surface area contributed by atoms with E-state index in [1.165, 1.54) is 0 Å². The van der Waals surface area contributed by atoms with E-state index in [4.69, 9.17) is 4.74 Å². The first-order valence-corrected chi connectivity index (χ1v) is 10.0. The van der Waals surface area contributed by atoms with Crippen LogP contribution in [0.5, 0.6) is 5.75 Å². The Morgan fingerprint density at radius 3 is 2.48 bits per heavy atom. The quantitative estimate of drug-likeness (QED) is 0.523. The Bertz CT molecular complexity index is 1290. The molecule has 6 heteroatoms. The molecule has 3 aromatic carbocycles. The van der Waals surface area contributed by atoms with E-state index in [0.717, 1.165) is 27.9 Å². The standard InChI is InChI=1S/C25H23N3O3/c1-17-25(30)28(22-9-5-4-8-21(22)27-17)16-18-11-13-19(14-12-18)24(29)26-15-20-7-3-6-10-23(20)31-2/h3-14H,15-16H2,1-2H3,(H,26,29). The second kappa shape index (κ2) is 8.83. The van der Waals surface area contributed by atoms with Crippen LogP contribution in [0.4, 0.5) is 0 Å². The van der Waals surface area contributed by atoms with Gasteiger partial charge in [0.2, 0.25) is 0 Å². The number of amides is 1. The van der Waals surface area contributed by atoms with Crippen LogP contribution in [-0.4, -0.2) is 22.6 Å². The maximum Gasteiger partial charge on any atom is 0.272 e. The summed E-state index contributed by atoms with van der Waals surface area (Å²) in [6.45, 7) is 2.51. The van der Waals surface area contributed by atoms with Gasteiger partial charge in [-0.05, 0) is 42.8 Å². The molecule has 0 bridgehead atoms. The SMILES string of the molecule is COc1ccccc1CNC(=O)c1ccc(Cn2c(=O)c(C)nc3ccccc32)cc1. The van der Waals surface area contributed by atoms with Crippen molar-refractivity contribution in [1.29, 1.82) is 0 Å². The fourth-order valence-electron chi connectivity index (χ4n) is 3.55. The molecule has 0 unspecified atom stereocenters. The van der Waals surface area contributed by atoms with Crippen LogP contribution >= 0.6 is 0 Å². The van der Waals surface area contributed by atoms with E-state index in [2.05, 4.69) is 10.3 Å². The smallest absolute Gasteiger partial charge is 0.272 e. The van der Waals surface area contributed by atoms with E-state index < -0.39 is 0 Å². The zero-order valence-electron chi connectivity index (χ0n) is 17.5. The highest BCUT2D eigenvalue weighted by molar-refractivity contribution is 5.94. The van der Waals surface area contributed by atoms with Crippen LogP contribution in [0.25, 0.3) is 11.0 Å². The first-order chi connectivity index (χ1) is 15.1. The average molecular weight is 413 g/mol. The minimum absolute atomic E-state index is 0.114. The lowest BCUT2D eigenvalue weighted by atomic mass is 10.1. The first kappa shape index (κ1) is 20.3. The second-order valence-corrected chi connectivity index (χ2v) is 7.27. The van der Waals surface area contributed by atoms with E-state index in [9.17, 15) is 9.59 Å². The van der Waals surface area contributed by atoms with Crippen LogP contribution in [-0.2, 0) is 13.1 Å². The second-order valence-electron chi connectivity index (χ2n) is 7.27. The summed E-state index contributed by atoms with van der Waals surface area (Å²) in [5.41, 5.74) is 4.32. The van der Waals surface area contributed by atoms with Gasteiger partial charge >= 0.3 is 0 Å². The van der Waals surface area contributed by atoms with Crippen molar-refractivity contribution >= 4 is 16.9 Å². The number of fused-ring (bicyclic) bond motifs is 1. The average Bonchev–Trinajstić information content (AvgIpc) is 2.81. The topological polar surface area (TPSA) is 73.2 Å². The van der Waals surface area contributed by atoms with Crippen molar-refractivity contribution in [2.75, 3.05) is 7.11 Å². The lowest BCUT2D eigenvalue weighted by Crippen LogP contribution is -2.25. The molecule has 0 aliphatic heterocycles. The molecule has 0 aliphatic rings. The predicted octanol–water partition coefficient (Wildman–Crippen LogP) is 3.69. The number of carbonyl (C=O) groups is 1. The van der Waals surface area contributed by atoms with Gasteiger partial charge in [0.05, 0.1) is 24.7 Å². The Morgan fingerprint density at radius 1 is 1.00 bits per heavy atom. The molecule has 1 heterocycles. The molecule has 0 radical (unpaired) electrons. The number of nitrogens with zero attached hydrogens (tertiary/aromatic N) is 2. The number of para-hydroxylation sites is 3. The summed E-state index contributed by atoms with van der Waals surface area (Å²) in [5.74, 6) is 0.572. The zero-order valence-corrected chi connectivity index (χ0v) is 17.5. The molecule has 156 valence electrons. The van der Waals surface area contributed by atoms with Crippen LogP contribution < -0.4 is 15.6 Å². The normalized spacial score (nSPS) is 10.8. The lowest BCUT2D eigenvalue weighted by Gasteiger charge is -2.12. The summed E-state index contributed by atoms with van der Waals surface area (Å²) in [4.78, 5) is 29.6. The number of ether oxygens (including phenoxy) is 1. The Balaban J connectivity index is 1.50. The number of aryl methyl sites for hydroxylation is 1. The summed E-state index contributed by atoms with van der Waals surface area (Å²) in [6, 6.07) is 22.5. The van der Waals surface area contributed by atoms with Gasteiger partial charge in [-0.15, -0.1) is 0 Å². The van der Waals surface area contributed by atoms with Crippen molar-refractivity contribution < 1.29 is 9.53 Å². The number of rotatable bonds is 6. The Hall–Kier alpha value is -3.93. The van der Waals surface area contributed by atoms with Crippen molar-refractivity contribution in [1.82, 2.24) is 14.9 Å². The number of hydrogen-bond donors (Lipinski definition) is 1. The molecule has 0 spiro atoms. The molecule has 1 N–H and O–H groups in total. The first-order valence-electron chi connectivity index (χ1n) is 10.0. The Labute approximate surface area is 180 Å². The number of hydrogen-bond acceptors (Lipinski definition) is 4. The molecule has 0 saturated carbocycles. The number of methoxy groups -OCH3 is 1. The third-order valence-corrected chi connectivity index (χ3v) is 5.20. The summed E-state index contributed by atoms with van der Waals surface area (Å²) in [7, 11) is 1.61. The number of aromatic nitrogens is 2. The molecule has 1 aromatic heterocycles. The van der Waals surface area contributed by atoms with Gasteiger partial charge in [0.25, 0.3) is 11.5 Å². The van der Waals surface area contributed by atoms with Crippen molar-refractivity contribution in [3.63, 3.8) is 0 Å². The lowest BCUT2D eigenvalue weighted by molar-refractivity contribution is 0.0950. The number of nitrogens with one attached hydrogen (secondary N) is 1. The van der Waals surface area contributed by atoms with Gasteiger partial charge < -0.3 is 14.6 Å². The largest absolute Gasteiger partial charge is 0.496 e. The highest BCUT2D eigenvalue weighted by atomic mass is 16.5. The van der Waals surface area contributed by atoms with E-state index in [0.29, 0.717) is 24.3 Å². The van der Waals surface area contributed by atoms with Crippen LogP contribution in [0.1, 0.15) is 27.2 Å². The molecule has 6 nitrogen and oxygen atoms in total. The zero-order chi connectivity index (χ0) is 21.8. The van der Waals surface area contributed by atoms with Crippen molar-refractivity contribution in [2.45, 2.75) is 20.0 Å². The predicted molar refractivity (Wildman–Crippen MR) is 120 cm³/mol. The van der Waals surface area contributed by atoms with Crippen LogP contribution in [0.3, 0.4) is 0 Å². The van der Waals surface area contributed by atoms with Gasteiger partial charge in [0.15, 0.2) is 0 Å².